The Morgan fingerprint density at radius 3 is 2.65 bits per heavy atom. The van der Waals surface area contributed by atoms with E-state index in [4.69, 9.17) is 5.73 Å². The normalized spacial score (nSPS) is 17.4. The Kier molecular flexibility index (Phi) is 5.49. The summed E-state index contributed by atoms with van der Waals surface area (Å²) in [6.45, 7) is 5.80. The number of nitrogens with one attached hydrogen (secondary N) is 1. The molecule has 108 valence electrons. The van der Waals surface area contributed by atoms with Crippen molar-refractivity contribution in [2.75, 3.05) is 13.1 Å². The number of hydrazone groups is 1. The summed E-state index contributed by atoms with van der Waals surface area (Å²) < 4.78 is 0. The number of nitrogens with zero attached hydrogens (tertiary/aromatic N) is 2. The molecular weight excluding hydrogens is 268 g/mol. The molecule has 1 aromatic rings. The van der Waals surface area contributed by atoms with Gasteiger partial charge in [-0.1, -0.05) is 31.2 Å². The van der Waals surface area contributed by atoms with E-state index in [1.165, 1.54) is 31.5 Å². The van der Waals surface area contributed by atoms with Gasteiger partial charge in [-0.25, -0.2) is 0 Å². The fraction of sp³-hybridized carbons (Fsp3) is 0.467. The summed E-state index contributed by atoms with van der Waals surface area (Å²) in [6, 6.07) is 8.43. The topological polar surface area (TPSA) is 53.6 Å². The molecule has 4 nitrogen and oxygen atoms in total. The summed E-state index contributed by atoms with van der Waals surface area (Å²) in [6.07, 6.45) is 4.34. The molecule has 0 amide bonds. The van der Waals surface area contributed by atoms with Crippen LogP contribution in [0.2, 0.25) is 0 Å². The minimum absolute atomic E-state index is 0.178. The molecule has 0 atom stereocenters. The van der Waals surface area contributed by atoms with Crippen LogP contribution in [0.4, 0.5) is 0 Å². The second-order valence-corrected chi connectivity index (χ2v) is 5.87. The molecule has 0 radical (unpaired) electrons. The minimum Gasteiger partial charge on any atom is -0.375 e. The fourth-order valence-electron chi connectivity index (χ4n) is 2.36. The van der Waals surface area contributed by atoms with Crippen molar-refractivity contribution in [2.45, 2.75) is 26.3 Å². The third-order valence-corrected chi connectivity index (χ3v) is 3.74. The average molecular weight is 290 g/mol. The first kappa shape index (κ1) is 14.9. The third kappa shape index (κ3) is 4.90. The maximum atomic E-state index is 5.30. The van der Waals surface area contributed by atoms with Crippen LogP contribution in [-0.4, -0.2) is 29.3 Å². The van der Waals surface area contributed by atoms with Gasteiger partial charge in [-0.2, -0.15) is 5.10 Å². The van der Waals surface area contributed by atoms with Gasteiger partial charge in [0, 0.05) is 6.54 Å². The van der Waals surface area contributed by atoms with Crippen LogP contribution in [0.25, 0.3) is 0 Å². The van der Waals surface area contributed by atoms with E-state index >= 15 is 0 Å². The third-order valence-electron chi connectivity index (χ3n) is 3.65. The van der Waals surface area contributed by atoms with E-state index < -0.39 is 0 Å². The summed E-state index contributed by atoms with van der Waals surface area (Å²) >= 11 is 4.68. The molecule has 0 aliphatic carbocycles. The second-order valence-electron chi connectivity index (χ2n) is 5.43. The first-order valence-corrected chi connectivity index (χ1v) is 7.44. The Bertz CT molecular complexity index is 461. The summed E-state index contributed by atoms with van der Waals surface area (Å²) in [5, 5.41) is 4.12. The molecule has 1 aliphatic rings. The van der Waals surface area contributed by atoms with E-state index in [9.17, 15) is 0 Å². The lowest BCUT2D eigenvalue weighted by molar-refractivity contribution is 0.185. The van der Waals surface area contributed by atoms with E-state index in [1.54, 1.807) is 6.21 Å². The SMILES string of the molecule is CC1CCN(Cc2ccc(C=NNC(N)=S)cc2)CC1. The monoisotopic (exact) mass is 290 g/mol. The number of rotatable bonds is 4. The summed E-state index contributed by atoms with van der Waals surface area (Å²) in [5.74, 6) is 0.881. The quantitative estimate of drug-likeness (QED) is 0.506. The van der Waals surface area contributed by atoms with Gasteiger partial charge in [-0.3, -0.25) is 10.3 Å². The summed E-state index contributed by atoms with van der Waals surface area (Å²) in [4.78, 5) is 2.53. The molecule has 0 saturated carbocycles. The largest absolute Gasteiger partial charge is 0.375 e. The van der Waals surface area contributed by atoms with Gasteiger partial charge < -0.3 is 5.73 Å². The minimum atomic E-state index is 0.178. The van der Waals surface area contributed by atoms with Gasteiger partial charge in [-0.15, -0.1) is 0 Å². The van der Waals surface area contributed by atoms with Crippen LogP contribution in [-0.2, 0) is 6.54 Å². The molecule has 2 rings (SSSR count). The number of benzene rings is 1. The number of likely N-dealkylation sites (tertiary alicyclic amines) is 1. The molecule has 20 heavy (non-hydrogen) atoms. The van der Waals surface area contributed by atoms with Crippen LogP contribution in [0, 0.1) is 5.92 Å². The first-order chi connectivity index (χ1) is 9.63. The lowest BCUT2D eigenvalue weighted by Crippen LogP contribution is -2.32. The maximum absolute atomic E-state index is 5.30. The Hall–Kier alpha value is -1.46. The smallest absolute Gasteiger partial charge is 0.184 e. The molecule has 5 heteroatoms. The van der Waals surface area contributed by atoms with Gasteiger partial charge in [-0.05, 0) is 55.2 Å². The highest BCUT2D eigenvalue weighted by atomic mass is 32.1. The van der Waals surface area contributed by atoms with Crippen molar-refractivity contribution in [2.24, 2.45) is 16.8 Å². The Morgan fingerprint density at radius 1 is 1.40 bits per heavy atom. The van der Waals surface area contributed by atoms with E-state index in [0.717, 1.165) is 18.0 Å². The van der Waals surface area contributed by atoms with Gasteiger partial charge >= 0.3 is 0 Å². The maximum Gasteiger partial charge on any atom is 0.184 e. The highest BCUT2D eigenvalue weighted by Gasteiger charge is 2.15. The van der Waals surface area contributed by atoms with Crippen LogP contribution in [0.3, 0.4) is 0 Å². The van der Waals surface area contributed by atoms with Gasteiger partial charge in [0.1, 0.15) is 0 Å². The van der Waals surface area contributed by atoms with Crippen molar-refractivity contribution in [3.8, 4) is 0 Å². The van der Waals surface area contributed by atoms with Gasteiger partial charge in [0.2, 0.25) is 0 Å². The molecular formula is C15H22N4S. The Morgan fingerprint density at radius 2 is 2.05 bits per heavy atom. The molecule has 1 heterocycles. The van der Waals surface area contributed by atoms with Crippen molar-refractivity contribution in [1.29, 1.82) is 0 Å². The molecule has 1 aromatic carbocycles. The number of hydrogen-bond donors (Lipinski definition) is 2. The first-order valence-electron chi connectivity index (χ1n) is 7.03. The molecule has 1 aliphatic heterocycles. The zero-order chi connectivity index (χ0) is 14.4. The van der Waals surface area contributed by atoms with E-state index in [1.807, 2.05) is 0 Å². The molecule has 0 bridgehead atoms. The number of piperidine rings is 1. The summed E-state index contributed by atoms with van der Waals surface area (Å²) in [7, 11) is 0. The zero-order valence-corrected chi connectivity index (χ0v) is 12.7. The van der Waals surface area contributed by atoms with Crippen LogP contribution in [0.5, 0.6) is 0 Å². The standard InChI is InChI=1S/C15H22N4S/c1-12-6-8-19(9-7-12)11-14-4-2-13(3-5-14)10-17-18-15(16)20/h2-5,10,12H,6-9,11H2,1H3,(H3,16,18,20). The van der Waals surface area contributed by atoms with Crippen LogP contribution in [0.1, 0.15) is 30.9 Å². The number of thiocarbonyl (C=S) groups is 1. The number of hydrogen-bond acceptors (Lipinski definition) is 3. The fourth-order valence-corrected chi connectivity index (χ4v) is 2.41. The zero-order valence-electron chi connectivity index (χ0n) is 11.9. The highest BCUT2D eigenvalue weighted by molar-refractivity contribution is 7.80. The van der Waals surface area contributed by atoms with Gasteiger partial charge in [0.15, 0.2) is 5.11 Å². The summed E-state index contributed by atoms with van der Waals surface area (Å²) in [5.41, 5.74) is 10.2. The predicted octanol–water partition coefficient (Wildman–Crippen LogP) is 2.09. The molecule has 0 aromatic heterocycles. The molecule has 0 spiro atoms. The predicted molar refractivity (Wildman–Crippen MR) is 87.6 cm³/mol. The van der Waals surface area contributed by atoms with Crippen molar-refractivity contribution < 1.29 is 0 Å². The lowest BCUT2D eigenvalue weighted by Gasteiger charge is -2.30. The van der Waals surface area contributed by atoms with E-state index in [-0.39, 0.29) is 5.11 Å². The Balaban J connectivity index is 1.85. The molecule has 1 saturated heterocycles. The van der Waals surface area contributed by atoms with Crippen molar-refractivity contribution in [1.82, 2.24) is 10.3 Å². The average Bonchev–Trinajstić information content (AvgIpc) is 2.43. The van der Waals surface area contributed by atoms with Gasteiger partial charge in [0.25, 0.3) is 0 Å². The van der Waals surface area contributed by atoms with Crippen molar-refractivity contribution >= 4 is 23.5 Å². The van der Waals surface area contributed by atoms with E-state index in [0.29, 0.717) is 0 Å². The van der Waals surface area contributed by atoms with Crippen molar-refractivity contribution in [3.05, 3.63) is 35.4 Å². The molecule has 3 N–H and O–H groups in total. The van der Waals surface area contributed by atoms with Crippen LogP contribution >= 0.6 is 12.2 Å². The number of nitrogens with two attached hydrogens (primary N) is 1. The molecule has 1 fully saturated rings. The second kappa shape index (κ2) is 7.36. The van der Waals surface area contributed by atoms with Crippen molar-refractivity contribution in [3.63, 3.8) is 0 Å². The Labute approximate surface area is 126 Å². The lowest BCUT2D eigenvalue weighted by atomic mass is 9.99. The van der Waals surface area contributed by atoms with E-state index in [2.05, 4.69) is 58.8 Å². The molecule has 0 unspecified atom stereocenters. The van der Waals surface area contributed by atoms with Crippen LogP contribution < -0.4 is 11.2 Å². The van der Waals surface area contributed by atoms with Gasteiger partial charge in [0.05, 0.1) is 6.21 Å². The highest BCUT2D eigenvalue weighted by Crippen LogP contribution is 2.18. The van der Waals surface area contributed by atoms with Crippen LogP contribution in [0.15, 0.2) is 29.4 Å².